The summed E-state index contributed by atoms with van der Waals surface area (Å²) >= 11 is 0. The van der Waals surface area contributed by atoms with E-state index < -0.39 is 0 Å². The molecule has 0 atom stereocenters. The maximum absolute atomic E-state index is 6.10. The average molecular weight is 333 g/mol. The van der Waals surface area contributed by atoms with Crippen LogP contribution in [-0.4, -0.2) is 22.1 Å². The largest absolute Gasteiger partial charge is 0.370 e. The van der Waals surface area contributed by atoms with Crippen molar-refractivity contribution in [3.8, 4) is 0 Å². The third kappa shape index (κ3) is 3.36. The van der Waals surface area contributed by atoms with Gasteiger partial charge < -0.3 is 15.6 Å². The lowest BCUT2D eigenvalue weighted by molar-refractivity contribution is 0.687. The quantitative estimate of drug-likeness (QED) is 0.568. The van der Waals surface area contributed by atoms with Crippen molar-refractivity contribution in [3.63, 3.8) is 0 Å². The first-order chi connectivity index (χ1) is 12.3. The number of para-hydroxylation sites is 2. The van der Waals surface area contributed by atoms with Crippen LogP contribution in [0.2, 0.25) is 0 Å². The second-order valence-electron chi connectivity index (χ2n) is 6.47. The molecule has 0 aliphatic heterocycles. The fourth-order valence-corrected chi connectivity index (χ4v) is 3.54. The first-order valence-electron chi connectivity index (χ1n) is 8.89. The number of benzene rings is 2. The van der Waals surface area contributed by atoms with Crippen LogP contribution in [-0.2, 0) is 19.4 Å². The van der Waals surface area contributed by atoms with Crippen molar-refractivity contribution in [1.29, 1.82) is 0 Å². The van der Waals surface area contributed by atoms with E-state index in [-0.39, 0.29) is 0 Å². The molecule has 5 nitrogen and oxygen atoms in total. The second kappa shape index (κ2) is 6.97. The second-order valence-corrected chi connectivity index (χ2v) is 6.47. The molecule has 0 bridgehead atoms. The Morgan fingerprint density at radius 1 is 1.12 bits per heavy atom. The molecule has 1 heterocycles. The van der Waals surface area contributed by atoms with Crippen molar-refractivity contribution in [3.05, 3.63) is 59.9 Å². The maximum atomic E-state index is 6.10. The van der Waals surface area contributed by atoms with Crippen molar-refractivity contribution in [1.82, 2.24) is 9.55 Å². The monoisotopic (exact) mass is 333 g/mol. The summed E-state index contributed by atoms with van der Waals surface area (Å²) in [5.74, 6) is 0.475. The molecule has 1 aliphatic rings. The zero-order valence-electron chi connectivity index (χ0n) is 14.3. The van der Waals surface area contributed by atoms with Crippen LogP contribution < -0.4 is 11.1 Å². The molecule has 0 saturated heterocycles. The highest BCUT2D eigenvalue weighted by Gasteiger charge is 2.13. The molecule has 25 heavy (non-hydrogen) atoms. The highest BCUT2D eigenvalue weighted by atomic mass is 15.1. The third-order valence-electron chi connectivity index (χ3n) is 4.81. The van der Waals surface area contributed by atoms with E-state index in [2.05, 4.69) is 44.1 Å². The number of imidazole rings is 1. The summed E-state index contributed by atoms with van der Waals surface area (Å²) in [5, 5.41) is 3.29. The highest BCUT2D eigenvalue weighted by molar-refractivity contribution is 5.93. The number of rotatable bonds is 4. The van der Waals surface area contributed by atoms with Gasteiger partial charge in [0.25, 0.3) is 0 Å². The van der Waals surface area contributed by atoms with Gasteiger partial charge in [-0.05, 0) is 55.0 Å². The van der Waals surface area contributed by atoms with Crippen molar-refractivity contribution in [2.24, 2.45) is 10.7 Å². The molecule has 0 spiro atoms. The minimum absolute atomic E-state index is 0.475. The number of nitrogens with one attached hydrogen (secondary N) is 1. The lowest BCUT2D eigenvalue weighted by atomic mass is 9.90. The van der Waals surface area contributed by atoms with Crippen LogP contribution in [0.4, 0.5) is 5.69 Å². The van der Waals surface area contributed by atoms with Crippen LogP contribution >= 0.6 is 0 Å². The lowest BCUT2D eigenvalue weighted by Gasteiger charge is -2.19. The zero-order valence-corrected chi connectivity index (χ0v) is 14.3. The number of aromatic nitrogens is 2. The summed E-state index contributed by atoms with van der Waals surface area (Å²) in [6.07, 6.45) is 6.66. The Hall–Kier alpha value is -2.82. The van der Waals surface area contributed by atoms with Crippen molar-refractivity contribution in [2.75, 3.05) is 11.9 Å². The normalized spacial score (nSPS) is 14.5. The number of anilines is 1. The Labute approximate surface area is 147 Å². The van der Waals surface area contributed by atoms with Gasteiger partial charge in [-0.2, -0.15) is 0 Å². The standard InChI is InChI=1S/C20H23N5/c21-20(24-17-10-5-7-15-6-1-2-8-16(15)17)22-12-13-25-14-23-18-9-3-4-11-19(18)25/h3-5,7,9-11,14H,1-2,6,8,12-13H2,(H3,21,22,24). The van der Waals surface area contributed by atoms with Crippen LogP contribution in [0.25, 0.3) is 11.0 Å². The summed E-state index contributed by atoms with van der Waals surface area (Å²) in [7, 11) is 0. The van der Waals surface area contributed by atoms with Gasteiger partial charge in [-0.1, -0.05) is 24.3 Å². The summed E-state index contributed by atoms with van der Waals surface area (Å²) in [6, 6.07) is 14.5. The number of aryl methyl sites for hydroxylation is 1. The van der Waals surface area contributed by atoms with Crippen molar-refractivity contribution < 1.29 is 0 Å². The van der Waals surface area contributed by atoms with Crippen molar-refractivity contribution in [2.45, 2.75) is 32.2 Å². The minimum atomic E-state index is 0.475. The van der Waals surface area contributed by atoms with Gasteiger partial charge in [0, 0.05) is 12.2 Å². The topological polar surface area (TPSA) is 68.2 Å². The molecule has 1 aliphatic carbocycles. The van der Waals surface area contributed by atoms with E-state index in [1.54, 1.807) is 0 Å². The molecule has 0 fully saturated rings. The molecule has 0 radical (unpaired) electrons. The number of fused-ring (bicyclic) bond motifs is 2. The molecule has 2 aromatic carbocycles. The molecular weight excluding hydrogens is 310 g/mol. The van der Waals surface area contributed by atoms with Gasteiger partial charge in [-0.25, -0.2) is 4.98 Å². The number of nitrogens with two attached hydrogens (primary N) is 1. The molecule has 0 unspecified atom stereocenters. The Bertz CT molecular complexity index is 909. The van der Waals surface area contributed by atoms with Gasteiger partial charge in [0.1, 0.15) is 0 Å². The number of hydrogen-bond donors (Lipinski definition) is 2. The van der Waals surface area contributed by atoms with Gasteiger partial charge in [0.15, 0.2) is 5.96 Å². The first-order valence-corrected chi connectivity index (χ1v) is 8.89. The van der Waals surface area contributed by atoms with E-state index in [4.69, 9.17) is 5.73 Å². The maximum Gasteiger partial charge on any atom is 0.193 e. The SMILES string of the molecule is NC(=NCCn1cnc2ccccc21)Nc1cccc2c1CCCC2. The highest BCUT2D eigenvalue weighted by Crippen LogP contribution is 2.27. The van der Waals surface area contributed by atoms with Crippen LogP contribution in [0.1, 0.15) is 24.0 Å². The Balaban J connectivity index is 1.42. The van der Waals surface area contributed by atoms with E-state index in [0.717, 1.165) is 36.1 Å². The zero-order chi connectivity index (χ0) is 17.1. The summed E-state index contributed by atoms with van der Waals surface area (Å²) < 4.78 is 2.11. The molecule has 128 valence electrons. The fraction of sp³-hybridized carbons (Fsp3) is 0.300. The predicted octanol–water partition coefficient (Wildman–Crippen LogP) is 3.34. The van der Waals surface area contributed by atoms with Crippen molar-refractivity contribution >= 4 is 22.7 Å². The van der Waals surface area contributed by atoms with Gasteiger partial charge >= 0.3 is 0 Å². The summed E-state index contributed by atoms with van der Waals surface area (Å²) in [4.78, 5) is 8.88. The Kier molecular flexibility index (Phi) is 4.37. The number of guanidine groups is 1. The minimum Gasteiger partial charge on any atom is -0.370 e. The first kappa shape index (κ1) is 15.7. The average Bonchev–Trinajstić information content (AvgIpc) is 3.05. The Morgan fingerprint density at radius 2 is 2.00 bits per heavy atom. The summed E-state index contributed by atoms with van der Waals surface area (Å²) in [6.45, 7) is 1.38. The van der Waals surface area contributed by atoms with E-state index in [1.807, 2.05) is 24.5 Å². The summed E-state index contributed by atoms with van der Waals surface area (Å²) in [5.41, 5.74) is 12.2. The Morgan fingerprint density at radius 3 is 2.96 bits per heavy atom. The molecule has 3 N–H and O–H groups in total. The molecule has 0 saturated carbocycles. The number of hydrogen-bond acceptors (Lipinski definition) is 2. The van der Waals surface area contributed by atoms with E-state index in [0.29, 0.717) is 12.5 Å². The molecule has 4 rings (SSSR count). The lowest BCUT2D eigenvalue weighted by Crippen LogP contribution is -2.24. The smallest absolute Gasteiger partial charge is 0.193 e. The van der Waals surface area contributed by atoms with E-state index >= 15 is 0 Å². The van der Waals surface area contributed by atoms with Gasteiger partial charge in [-0.15, -0.1) is 0 Å². The van der Waals surface area contributed by atoms with Gasteiger partial charge in [-0.3, -0.25) is 4.99 Å². The van der Waals surface area contributed by atoms with Crippen LogP contribution in [0.3, 0.4) is 0 Å². The predicted molar refractivity (Wildman–Crippen MR) is 103 cm³/mol. The van der Waals surface area contributed by atoms with Crippen LogP contribution in [0.15, 0.2) is 53.8 Å². The van der Waals surface area contributed by atoms with Crippen LogP contribution in [0, 0.1) is 0 Å². The van der Waals surface area contributed by atoms with E-state index in [1.165, 1.54) is 24.0 Å². The molecule has 3 aromatic rings. The van der Waals surface area contributed by atoms with Gasteiger partial charge in [0.2, 0.25) is 0 Å². The van der Waals surface area contributed by atoms with Crippen LogP contribution in [0.5, 0.6) is 0 Å². The van der Waals surface area contributed by atoms with Gasteiger partial charge in [0.05, 0.1) is 23.9 Å². The van der Waals surface area contributed by atoms with E-state index in [9.17, 15) is 0 Å². The molecule has 1 aromatic heterocycles. The fourth-order valence-electron chi connectivity index (χ4n) is 3.54. The third-order valence-corrected chi connectivity index (χ3v) is 4.81. The molecule has 0 amide bonds. The molecule has 5 heteroatoms. The molecular formula is C20H23N5. The number of aliphatic imine (C=N–C) groups is 1. The number of nitrogens with zero attached hydrogens (tertiary/aromatic N) is 3.